The van der Waals surface area contributed by atoms with Crippen LogP contribution >= 0.6 is 0 Å². The standard InChI is InChI=1S/C19H21N3O4/c1-19-13(17(25)21-12-7-3-2-6-11(12)15(19)23)14(19)18(26)22-8-4-5-10(9-22)16(20)24/h2-3,6-7,10,13-14H,4-5,8-9H2,1H3,(H2,20,24)(H,21,25)/t10-,13-,14-,19-/m0/s1. The topological polar surface area (TPSA) is 110 Å². The number of hydrogen-bond acceptors (Lipinski definition) is 4. The third kappa shape index (κ3) is 2.26. The Morgan fingerprint density at radius 1 is 1.27 bits per heavy atom. The minimum Gasteiger partial charge on any atom is -0.369 e. The molecule has 2 heterocycles. The number of nitrogens with one attached hydrogen (secondary N) is 1. The first-order valence-corrected chi connectivity index (χ1v) is 8.88. The van der Waals surface area contributed by atoms with E-state index in [9.17, 15) is 19.2 Å². The molecule has 0 bridgehead atoms. The van der Waals surface area contributed by atoms with E-state index in [2.05, 4.69) is 5.32 Å². The summed E-state index contributed by atoms with van der Waals surface area (Å²) in [5.41, 5.74) is 5.29. The monoisotopic (exact) mass is 355 g/mol. The molecule has 0 spiro atoms. The van der Waals surface area contributed by atoms with Crippen LogP contribution in [0.2, 0.25) is 0 Å². The molecule has 4 rings (SSSR count). The lowest BCUT2D eigenvalue weighted by Gasteiger charge is -2.32. The van der Waals surface area contributed by atoms with Crippen molar-refractivity contribution in [3.05, 3.63) is 29.8 Å². The largest absolute Gasteiger partial charge is 0.369 e. The highest BCUT2D eigenvalue weighted by Crippen LogP contribution is 2.63. The maximum absolute atomic E-state index is 13.1. The van der Waals surface area contributed by atoms with Gasteiger partial charge < -0.3 is 16.0 Å². The Morgan fingerprint density at radius 2 is 2.00 bits per heavy atom. The minimum atomic E-state index is -1.03. The zero-order valence-electron chi connectivity index (χ0n) is 14.5. The molecule has 26 heavy (non-hydrogen) atoms. The SMILES string of the molecule is C[C@]12C(=O)c3ccccc3NC(=O)[C@@H]1[C@H]2C(=O)N1CCC[C@H](C(N)=O)C1. The summed E-state index contributed by atoms with van der Waals surface area (Å²) in [7, 11) is 0. The number of ketones is 1. The van der Waals surface area contributed by atoms with Crippen LogP contribution in [0, 0.1) is 23.2 Å². The number of amides is 3. The molecule has 1 aromatic rings. The summed E-state index contributed by atoms with van der Waals surface area (Å²) in [6, 6.07) is 6.87. The molecule has 0 aromatic heterocycles. The molecule has 0 unspecified atom stereocenters. The van der Waals surface area contributed by atoms with Gasteiger partial charge >= 0.3 is 0 Å². The summed E-state index contributed by atoms with van der Waals surface area (Å²) in [5, 5.41) is 2.78. The van der Waals surface area contributed by atoms with Crippen LogP contribution in [0.3, 0.4) is 0 Å². The average Bonchev–Trinajstić information content (AvgIpc) is 3.29. The average molecular weight is 355 g/mol. The number of Topliss-reactive ketones (excluding diaryl/α,β-unsaturated/α-hetero) is 1. The Labute approximate surface area is 150 Å². The number of para-hydroxylation sites is 1. The zero-order valence-corrected chi connectivity index (χ0v) is 14.5. The highest BCUT2D eigenvalue weighted by atomic mass is 16.2. The first kappa shape index (κ1) is 16.8. The number of fused-ring (bicyclic) bond motifs is 2. The number of rotatable bonds is 2. The number of nitrogens with zero attached hydrogens (tertiary/aromatic N) is 1. The van der Waals surface area contributed by atoms with Gasteiger partial charge in [-0.1, -0.05) is 19.1 Å². The summed E-state index contributed by atoms with van der Waals surface area (Å²) in [4.78, 5) is 51.8. The third-order valence-electron chi connectivity index (χ3n) is 6.12. The van der Waals surface area contributed by atoms with Gasteiger partial charge in [-0.3, -0.25) is 19.2 Å². The fourth-order valence-corrected chi connectivity index (χ4v) is 4.52. The van der Waals surface area contributed by atoms with E-state index >= 15 is 0 Å². The highest BCUT2D eigenvalue weighted by molar-refractivity contribution is 6.19. The fraction of sp³-hybridized carbons (Fsp3) is 0.474. The van der Waals surface area contributed by atoms with E-state index in [4.69, 9.17) is 5.73 Å². The zero-order chi connectivity index (χ0) is 18.6. The van der Waals surface area contributed by atoms with Crippen LogP contribution in [0.15, 0.2) is 24.3 Å². The van der Waals surface area contributed by atoms with E-state index < -0.39 is 23.2 Å². The molecule has 2 aliphatic heterocycles. The maximum Gasteiger partial charge on any atom is 0.229 e. The van der Waals surface area contributed by atoms with Crippen molar-refractivity contribution in [2.45, 2.75) is 19.8 Å². The van der Waals surface area contributed by atoms with Gasteiger partial charge in [0.1, 0.15) is 0 Å². The molecule has 1 aliphatic carbocycles. The lowest BCUT2D eigenvalue weighted by atomic mass is 9.91. The number of hydrogen-bond donors (Lipinski definition) is 2. The number of anilines is 1. The van der Waals surface area contributed by atoms with E-state index in [1.165, 1.54) is 0 Å². The van der Waals surface area contributed by atoms with Gasteiger partial charge in [-0.05, 0) is 25.0 Å². The normalized spacial score (nSPS) is 32.8. The third-order valence-corrected chi connectivity index (χ3v) is 6.12. The Hall–Kier alpha value is -2.70. The maximum atomic E-state index is 13.1. The summed E-state index contributed by atoms with van der Waals surface area (Å²) in [6.07, 6.45) is 1.35. The van der Waals surface area contributed by atoms with Crippen molar-refractivity contribution in [1.29, 1.82) is 0 Å². The summed E-state index contributed by atoms with van der Waals surface area (Å²) in [6.45, 7) is 2.48. The predicted octanol–water partition coefficient (Wildman–Crippen LogP) is 0.798. The molecule has 1 aromatic carbocycles. The second kappa shape index (κ2) is 5.65. The summed E-state index contributed by atoms with van der Waals surface area (Å²) in [5.74, 6) is -2.85. The number of benzene rings is 1. The van der Waals surface area contributed by atoms with Crippen molar-refractivity contribution < 1.29 is 19.2 Å². The van der Waals surface area contributed by atoms with Crippen LogP contribution in [-0.2, 0) is 14.4 Å². The van der Waals surface area contributed by atoms with Gasteiger partial charge in [-0.25, -0.2) is 0 Å². The quantitative estimate of drug-likeness (QED) is 0.817. The summed E-state index contributed by atoms with van der Waals surface area (Å²) >= 11 is 0. The molecule has 2 fully saturated rings. The van der Waals surface area contributed by atoms with Crippen molar-refractivity contribution in [3.63, 3.8) is 0 Å². The van der Waals surface area contributed by atoms with Crippen molar-refractivity contribution in [3.8, 4) is 0 Å². The van der Waals surface area contributed by atoms with Gasteiger partial charge in [-0.15, -0.1) is 0 Å². The number of primary amides is 1. The van der Waals surface area contributed by atoms with Crippen LogP contribution in [0.4, 0.5) is 5.69 Å². The summed E-state index contributed by atoms with van der Waals surface area (Å²) < 4.78 is 0. The van der Waals surface area contributed by atoms with Crippen molar-refractivity contribution in [2.75, 3.05) is 18.4 Å². The van der Waals surface area contributed by atoms with Crippen LogP contribution in [0.25, 0.3) is 0 Å². The predicted molar refractivity (Wildman–Crippen MR) is 93.0 cm³/mol. The Bertz CT molecular complexity index is 836. The number of carbonyl (C=O) groups excluding carboxylic acids is 4. The number of piperidine rings is 1. The lowest BCUT2D eigenvalue weighted by molar-refractivity contribution is -0.137. The van der Waals surface area contributed by atoms with Gasteiger partial charge in [0.2, 0.25) is 17.7 Å². The molecular weight excluding hydrogens is 334 g/mol. The van der Waals surface area contributed by atoms with Gasteiger partial charge in [-0.2, -0.15) is 0 Å². The van der Waals surface area contributed by atoms with Crippen molar-refractivity contribution in [1.82, 2.24) is 4.90 Å². The molecule has 7 nitrogen and oxygen atoms in total. The second-order valence-corrected chi connectivity index (χ2v) is 7.63. The van der Waals surface area contributed by atoms with E-state index in [0.717, 1.165) is 0 Å². The smallest absolute Gasteiger partial charge is 0.229 e. The molecule has 4 atom stereocenters. The Morgan fingerprint density at radius 3 is 2.73 bits per heavy atom. The van der Waals surface area contributed by atoms with Crippen molar-refractivity contribution in [2.24, 2.45) is 28.9 Å². The van der Waals surface area contributed by atoms with Crippen LogP contribution in [0.5, 0.6) is 0 Å². The molecule has 0 radical (unpaired) electrons. The molecule has 136 valence electrons. The molecule has 1 saturated carbocycles. The highest BCUT2D eigenvalue weighted by Gasteiger charge is 2.74. The molecule has 3 aliphatic rings. The molecular formula is C19H21N3O4. The molecule has 1 saturated heterocycles. The number of likely N-dealkylation sites (tertiary alicyclic amines) is 1. The van der Waals surface area contributed by atoms with E-state index in [1.807, 2.05) is 0 Å². The lowest BCUT2D eigenvalue weighted by Crippen LogP contribution is -2.45. The van der Waals surface area contributed by atoms with E-state index in [-0.39, 0.29) is 30.1 Å². The first-order chi connectivity index (χ1) is 12.4. The van der Waals surface area contributed by atoms with E-state index in [1.54, 1.807) is 36.1 Å². The van der Waals surface area contributed by atoms with Crippen molar-refractivity contribution >= 4 is 29.2 Å². The van der Waals surface area contributed by atoms with Gasteiger partial charge in [0.25, 0.3) is 0 Å². The van der Waals surface area contributed by atoms with Gasteiger partial charge in [0.15, 0.2) is 5.78 Å². The van der Waals surface area contributed by atoms with Gasteiger partial charge in [0, 0.05) is 18.7 Å². The Kier molecular flexibility index (Phi) is 3.64. The van der Waals surface area contributed by atoms with Crippen LogP contribution in [0.1, 0.15) is 30.1 Å². The molecule has 3 amide bonds. The van der Waals surface area contributed by atoms with E-state index in [0.29, 0.717) is 30.6 Å². The first-order valence-electron chi connectivity index (χ1n) is 8.88. The Balaban J connectivity index is 1.62. The number of nitrogens with two attached hydrogens (primary N) is 1. The number of carbonyl (C=O) groups is 4. The van der Waals surface area contributed by atoms with Gasteiger partial charge in [0.05, 0.1) is 28.9 Å². The fourth-order valence-electron chi connectivity index (χ4n) is 4.52. The second-order valence-electron chi connectivity index (χ2n) is 7.63. The van der Waals surface area contributed by atoms with Crippen LogP contribution < -0.4 is 11.1 Å². The van der Waals surface area contributed by atoms with Crippen LogP contribution in [-0.4, -0.2) is 41.5 Å². The molecule has 7 heteroatoms. The minimum absolute atomic E-state index is 0.182. The molecule has 3 N–H and O–H groups in total.